The van der Waals surface area contributed by atoms with E-state index in [-0.39, 0.29) is 12.3 Å². The van der Waals surface area contributed by atoms with Crippen molar-refractivity contribution in [2.75, 3.05) is 39.3 Å². The average Bonchev–Trinajstić information content (AvgIpc) is 2.10. The highest BCUT2D eigenvalue weighted by Crippen LogP contribution is 1.98. The van der Waals surface area contributed by atoms with Gasteiger partial charge in [-0.1, -0.05) is 0 Å². The third-order valence-corrected chi connectivity index (χ3v) is 1.12. The fourth-order valence-corrected chi connectivity index (χ4v) is 0.631. The Kier molecular flexibility index (Phi) is 37.8. The van der Waals surface area contributed by atoms with E-state index in [1.807, 2.05) is 0 Å². The van der Waals surface area contributed by atoms with Crippen LogP contribution >= 0.6 is 8.25 Å². The van der Waals surface area contributed by atoms with Gasteiger partial charge in [-0.25, -0.2) is 0 Å². The van der Waals surface area contributed by atoms with E-state index < -0.39 is 8.25 Å². The summed E-state index contributed by atoms with van der Waals surface area (Å²) in [6.07, 6.45) is 0. The fraction of sp³-hybridized carbons (Fsp3) is 1.00. The molecular formula is C6H27N6O3P. The van der Waals surface area contributed by atoms with Gasteiger partial charge in [-0.15, -0.1) is 0 Å². The Balaban J connectivity index is -0.000000105. The summed E-state index contributed by atoms with van der Waals surface area (Å²) in [7, 11) is -3.13. The molecule has 0 radical (unpaired) electrons. The molecule has 0 atom stereocenters. The van der Waals surface area contributed by atoms with Gasteiger partial charge >= 0.3 is 8.25 Å². The van der Waals surface area contributed by atoms with Crippen LogP contribution < -0.4 is 34.4 Å². The van der Waals surface area contributed by atoms with E-state index in [2.05, 4.69) is 10.6 Å². The van der Waals surface area contributed by atoms with Gasteiger partial charge in [0.2, 0.25) is 0 Å². The number of hydrogen-bond donors (Lipinski definition) is 8. The SMILES string of the molecule is N.N.NCCNCCNCCN.O=[PH](O)O. The van der Waals surface area contributed by atoms with E-state index in [1.165, 1.54) is 0 Å². The van der Waals surface area contributed by atoms with Crippen molar-refractivity contribution in [2.45, 2.75) is 0 Å². The number of hydrogen-bond acceptors (Lipinski definition) is 7. The van der Waals surface area contributed by atoms with Crippen LogP contribution in [0.2, 0.25) is 0 Å². The molecule has 0 fully saturated rings. The second kappa shape index (κ2) is 24.2. The highest BCUT2D eigenvalue weighted by molar-refractivity contribution is 7.30. The van der Waals surface area contributed by atoms with Crippen LogP contribution in [-0.2, 0) is 4.57 Å². The first-order chi connectivity index (χ1) is 6.65. The van der Waals surface area contributed by atoms with Gasteiger partial charge in [0, 0.05) is 39.3 Å². The van der Waals surface area contributed by atoms with Gasteiger partial charge in [0.15, 0.2) is 0 Å². The molecule has 0 heterocycles. The zero-order valence-corrected chi connectivity index (χ0v) is 10.6. The molecule has 0 unspecified atom stereocenters. The lowest BCUT2D eigenvalue weighted by Crippen LogP contribution is -2.32. The molecule has 0 spiro atoms. The van der Waals surface area contributed by atoms with Crippen LogP contribution in [0.5, 0.6) is 0 Å². The van der Waals surface area contributed by atoms with Crippen LogP contribution in [0.15, 0.2) is 0 Å². The van der Waals surface area contributed by atoms with Gasteiger partial charge in [0.25, 0.3) is 0 Å². The van der Waals surface area contributed by atoms with Gasteiger partial charge in [-0.3, -0.25) is 4.57 Å². The highest BCUT2D eigenvalue weighted by Gasteiger charge is 1.83. The minimum atomic E-state index is -3.13. The van der Waals surface area contributed by atoms with E-state index in [4.69, 9.17) is 25.8 Å². The Hall–Kier alpha value is -0.0900. The molecule has 0 rings (SSSR count). The molecule has 0 saturated heterocycles. The maximum atomic E-state index is 8.74. The molecule has 0 aliphatic carbocycles. The molecule has 0 aromatic rings. The Bertz CT molecular complexity index is 119. The third-order valence-electron chi connectivity index (χ3n) is 1.12. The minimum absolute atomic E-state index is 0. The molecular weight excluding hydrogens is 235 g/mol. The summed E-state index contributed by atoms with van der Waals surface area (Å²) < 4.78 is 8.74. The van der Waals surface area contributed by atoms with Gasteiger partial charge < -0.3 is 44.2 Å². The lowest BCUT2D eigenvalue weighted by molar-refractivity contribution is 0.405. The van der Waals surface area contributed by atoms with Crippen molar-refractivity contribution in [1.82, 2.24) is 22.9 Å². The van der Waals surface area contributed by atoms with Gasteiger partial charge in [-0.05, 0) is 0 Å². The molecule has 104 valence electrons. The summed E-state index contributed by atoms with van der Waals surface area (Å²) >= 11 is 0. The molecule has 10 heteroatoms. The van der Waals surface area contributed by atoms with Crippen molar-refractivity contribution >= 4 is 8.25 Å². The maximum absolute atomic E-state index is 8.74. The Labute approximate surface area is 97.1 Å². The monoisotopic (exact) mass is 262 g/mol. The lowest BCUT2D eigenvalue weighted by atomic mass is 10.5. The average molecular weight is 262 g/mol. The van der Waals surface area contributed by atoms with E-state index in [0.29, 0.717) is 13.1 Å². The smallest absolute Gasteiger partial charge is 0.314 e. The molecule has 0 saturated carbocycles. The van der Waals surface area contributed by atoms with Gasteiger partial charge in [-0.2, -0.15) is 0 Å². The first-order valence-corrected chi connectivity index (χ1v) is 5.68. The normalized spacial score (nSPS) is 8.56. The van der Waals surface area contributed by atoms with Crippen molar-refractivity contribution in [1.29, 1.82) is 0 Å². The van der Waals surface area contributed by atoms with E-state index >= 15 is 0 Å². The number of nitrogens with one attached hydrogen (secondary N) is 2. The Morgan fingerprint density at radius 3 is 1.31 bits per heavy atom. The third kappa shape index (κ3) is 48.6. The lowest BCUT2D eigenvalue weighted by Gasteiger charge is -2.03. The van der Waals surface area contributed by atoms with Crippen LogP contribution in [0, 0.1) is 0 Å². The van der Waals surface area contributed by atoms with Crippen molar-refractivity contribution in [3.63, 3.8) is 0 Å². The Morgan fingerprint density at radius 2 is 1.12 bits per heavy atom. The molecule has 0 bridgehead atoms. The Morgan fingerprint density at radius 1 is 0.875 bits per heavy atom. The van der Waals surface area contributed by atoms with Crippen molar-refractivity contribution < 1.29 is 14.4 Å². The van der Waals surface area contributed by atoms with Crippen molar-refractivity contribution in [2.24, 2.45) is 11.5 Å². The predicted molar refractivity (Wildman–Crippen MR) is 67.3 cm³/mol. The molecule has 0 aromatic heterocycles. The highest BCUT2D eigenvalue weighted by atomic mass is 31.1. The second-order valence-electron chi connectivity index (χ2n) is 2.36. The summed E-state index contributed by atoms with van der Waals surface area (Å²) in [5.74, 6) is 0. The van der Waals surface area contributed by atoms with Crippen LogP contribution in [-0.4, -0.2) is 49.1 Å². The van der Waals surface area contributed by atoms with Crippen molar-refractivity contribution in [3.05, 3.63) is 0 Å². The molecule has 9 nitrogen and oxygen atoms in total. The summed E-state index contributed by atoms with van der Waals surface area (Å²) in [6.45, 7) is 5.14. The van der Waals surface area contributed by atoms with Gasteiger partial charge in [0.1, 0.15) is 0 Å². The summed E-state index contributed by atoms with van der Waals surface area (Å²) in [5, 5.41) is 6.33. The quantitative estimate of drug-likeness (QED) is 0.184. The zero-order valence-electron chi connectivity index (χ0n) is 9.61. The van der Waals surface area contributed by atoms with Gasteiger partial charge in [0.05, 0.1) is 0 Å². The van der Waals surface area contributed by atoms with E-state index in [1.54, 1.807) is 0 Å². The summed E-state index contributed by atoms with van der Waals surface area (Å²) in [5.41, 5.74) is 10.5. The van der Waals surface area contributed by atoms with Crippen LogP contribution in [0.25, 0.3) is 0 Å². The maximum Gasteiger partial charge on any atom is 0.314 e. The fourth-order valence-electron chi connectivity index (χ4n) is 0.631. The predicted octanol–water partition coefficient (Wildman–Crippen LogP) is -2.23. The topological polar surface area (TPSA) is 204 Å². The van der Waals surface area contributed by atoms with E-state index in [9.17, 15) is 0 Å². The number of rotatable bonds is 7. The second-order valence-corrected chi connectivity index (χ2v) is 2.93. The molecule has 14 N–H and O–H groups in total. The van der Waals surface area contributed by atoms with Crippen LogP contribution in [0.3, 0.4) is 0 Å². The standard InChI is InChI=1S/C6H18N4.2H3N.H3O3P/c7-1-3-9-5-6-10-4-2-8;;;1-4(2)3/h9-10H,1-8H2;2*1H3;4H,(H2,1,2,3). The molecule has 0 amide bonds. The summed E-state index contributed by atoms with van der Waals surface area (Å²) in [6, 6.07) is 0. The minimum Gasteiger partial charge on any atom is -0.344 e. The molecule has 0 aliphatic heterocycles. The molecule has 16 heavy (non-hydrogen) atoms. The molecule has 0 aliphatic rings. The zero-order chi connectivity index (χ0) is 11.2. The molecule has 0 aromatic carbocycles. The van der Waals surface area contributed by atoms with E-state index in [0.717, 1.165) is 26.2 Å². The first-order valence-electron chi connectivity index (χ1n) is 4.38. The summed E-state index contributed by atoms with van der Waals surface area (Å²) in [4.78, 5) is 14.3. The number of nitrogens with two attached hydrogens (primary N) is 2. The largest absolute Gasteiger partial charge is 0.344 e. The van der Waals surface area contributed by atoms with Crippen LogP contribution in [0.4, 0.5) is 0 Å². The first kappa shape index (κ1) is 24.9. The van der Waals surface area contributed by atoms with Crippen LogP contribution in [0.1, 0.15) is 0 Å². The van der Waals surface area contributed by atoms with Crippen molar-refractivity contribution in [3.8, 4) is 0 Å².